The topological polar surface area (TPSA) is 43.6 Å². The molecule has 0 amide bonds. The maximum atomic E-state index is 6.36. The van der Waals surface area contributed by atoms with Gasteiger partial charge in [0.15, 0.2) is 11.2 Å². The van der Waals surface area contributed by atoms with Gasteiger partial charge >= 0.3 is 0 Å². The number of pyridine rings is 1. The van der Waals surface area contributed by atoms with Gasteiger partial charge in [-0.1, -0.05) is 78.9 Å². The Balaban J connectivity index is 0.992. The number of hydrogen-bond donors (Lipinski definition) is 0. The van der Waals surface area contributed by atoms with Crippen molar-refractivity contribution >= 4 is 60.3 Å². The Morgan fingerprint density at radius 2 is 1.04 bits per heavy atom. The minimum absolute atomic E-state index is 0.799. The van der Waals surface area contributed by atoms with Crippen LogP contribution in [0.1, 0.15) is 0 Å². The monoisotopic (exact) mass is 576 g/mol. The van der Waals surface area contributed by atoms with Crippen LogP contribution in [0.25, 0.3) is 93.8 Å². The Morgan fingerprint density at radius 3 is 1.82 bits per heavy atom. The van der Waals surface area contributed by atoms with Crippen molar-refractivity contribution in [3.63, 3.8) is 0 Å². The highest BCUT2D eigenvalue weighted by atomic mass is 16.4. The zero-order chi connectivity index (χ0) is 29.5. The Bertz CT molecular complexity index is 2730. The fraction of sp³-hybridized carbons (Fsp3) is 0. The molecule has 4 heteroatoms. The number of nitrogens with zero attached hydrogens (tertiary/aromatic N) is 2. The first kappa shape index (κ1) is 24.3. The summed E-state index contributed by atoms with van der Waals surface area (Å²) in [7, 11) is 0. The number of para-hydroxylation sites is 1. The van der Waals surface area contributed by atoms with Gasteiger partial charge in [0.2, 0.25) is 0 Å². The molecule has 0 bridgehead atoms. The van der Waals surface area contributed by atoms with Gasteiger partial charge in [0.1, 0.15) is 16.8 Å². The molecule has 45 heavy (non-hydrogen) atoms. The van der Waals surface area contributed by atoms with Crippen LogP contribution in [-0.4, -0.2) is 9.38 Å². The van der Waals surface area contributed by atoms with Gasteiger partial charge in [0.05, 0.1) is 5.69 Å². The fourth-order valence-corrected chi connectivity index (χ4v) is 6.71. The maximum absolute atomic E-state index is 6.36. The molecule has 0 atom stereocenters. The van der Waals surface area contributed by atoms with E-state index < -0.39 is 0 Å². The number of hydrogen-bond acceptors (Lipinski definition) is 3. The van der Waals surface area contributed by atoms with Crippen LogP contribution >= 0.6 is 0 Å². The predicted octanol–water partition coefficient (Wildman–Crippen LogP) is 11.3. The Hall–Kier alpha value is -6.13. The van der Waals surface area contributed by atoms with E-state index in [2.05, 4.69) is 108 Å². The molecule has 0 spiro atoms. The minimum atomic E-state index is 0.799. The lowest BCUT2D eigenvalue weighted by Gasteiger charge is -2.08. The van der Waals surface area contributed by atoms with E-state index >= 15 is 0 Å². The summed E-state index contributed by atoms with van der Waals surface area (Å²) in [5, 5.41) is 6.76. The molecule has 0 aliphatic carbocycles. The highest BCUT2D eigenvalue weighted by Gasteiger charge is 2.16. The quantitative estimate of drug-likeness (QED) is 0.210. The number of furan rings is 2. The Labute approximate surface area is 257 Å². The highest BCUT2D eigenvalue weighted by Crippen LogP contribution is 2.40. The summed E-state index contributed by atoms with van der Waals surface area (Å²) in [4.78, 5) is 4.76. The van der Waals surface area contributed by atoms with E-state index in [0.29, 0.717) is 0 Å². The zero-order valence-electron chi connectivity index (χ0n) is 24.1. The molecule has 0 saturated carbocycles. The SMILES string of the molecule is c1ccc2c(c1)oc1c2ccc2c3cc(-c4ccc5cc(-c6ccc(-c7cn8ccccc8n7)cc6)ccc5c4)ccc3oc21. The molecule has 0 unspecified atom stereocenters. The summed E-state index contributed by atoms with van der Waals surface area (Å²) in [6.07, 6.45) is 4.10. The molecule has 10 aromatic rings. The normalized spacial score (nSPS) is 12.0. The van der Waals surface area contributed by atoms with Crippen molar-refractivity contribution in [1.82, 2.24) is 9.38 Å². The molecule has 0 saturated heterocycles. The van der Waals surface area contributed by atoms with E-state index in [4.69, 9.17) is 13.8 Å². The lowest BCUT2D eigenvalue weighted by atomic mass is 9.96. The molecular formula is C41H24N2O2. The smallest absolute Gasteiger partial charge is 0.178 e. The van der Waals surface area contributed by atoms with Crippen LogP contribution in [0.3, 0.4) is 0 Å². The van der Waals surface area contributed by atoms with Gasteiger partial charge in [-0.25, -0.2) is 4.98 Å². The molecule has 0 radical (unpaired) electrons. The molecule has 0 aliphatic rings. The standard InChI is InChI=1S/C41H24N2O2/c1-2-6-37-32(5-1)33-17-18-34-35-23-31(16-19-38(35)45-41(34)40(33)44-37)30-15-14-28-21-27(12-13-29(28)22-30)25-8-10-26(11-9-25)36-24-43-20-4-3-7-39(43)42-36/h1-24H. The van der Waals surface area contributed by atoms with Gasteiger partial charge in [-0.05, 0) is 87.6 Å². The molecule has 0 aliphatic heterocycles. The van der Waals surface area contributed by atoms with Gasteiger partial charge in [-0.15, -0.1) is 0 Å². The molecule has 210 valence electrons. The number of benzene rings is 6. The number of imidazole rings is 1. The highest BCUT2D eigenvalue weighted by molar-refractivity contribution is 6.19. The minimum Gasteiger partial charge on any atom is -0.452 e. The molecule has 4 nitrogen and oxygen atoms in total. The lowest BCUT2D eigenvalue weighted by molar-refractivity contribution is 0.633. The first-order valence-electron chi connectivity index (χ1n) is 15.1. The van der Waals surface area contributed by atoms with Crippen LogP contribution in [0.2, 0.25) is 0 Å². The molecule has 10 rings (SSSR count). The van der Waals surface area contributed by atoms with E-state index in [1.54, 1.807) is 0 Å². The number of aromatic nitrogens is 2. The number of fused-ring (bicyclic) bond motifs is 9. The van der Waals surface area contributed by atoms with Gasteiger partial charge in [0, 0.05) is 39.5 Å². The van der Waals surface area contributed by atoms with Crippen molar-refractivity contribution in [3.8, 4) is 33.5 Å². The second-order valence-electron chi connectivity index (χ2n) is 11.7. The van der Waals surface area contributed by atoms with E-state index in [1.807, 2.05) is 42.6 Å². The van der Waals surface area contributed by atoms with Crippen molar-refractivity contribution in [2.75, 3.05) is 0 Å². The molecule has 4 heterocycles. The maximum Gasteiger partial charge on any atom is 0.178 e. The Kier molecular flexibility index (Phi) is 4.96. The Morgan fingerprint density at radius 1 is 0.444 bits per heavy atom. The van der Waals surface area contributed by atoms with E-state index in [-0.39, 0.29) is 0 Å². The second-order valence-corrected chi connectivity index (χ2v) is 11.7. The average Bonchev–Trinajstić information content (AvgIpc) is 3.81. The predicted molar refractivity (Wildman–Crippen MR) is 184 cm³/mol. The van der Waals surface area contributed by atoms with E-state index in [1.165, 1.54) is 27.5 Å². The fourth-order valence-electron chi connectivity index (χ4n) is 6.71. The van der Waals surface area contributed by atoms with Crippen molar-refractivity contribution < 1.29 is 8.83 Å². The molecular weight excluding hydrogens is 552 g/mol. The van der Waals surface area contributed by atoms with Gasteiger partial charge in [0.25, 0.3) is 0 Å². The van der Waals surface area contributed by atoms with Crippen molar-refractivity contribution in [2.24, 2.45) is 0 Å². The summed E-state index contributed by atoms with van der Waals surface area (Å²) in [5.41, 5.74) is 11.1. The van der Waals surface area contributed by atoms with Gasteiger partial charge in [-0.3, -0.25) is 0 Å². The van der Waals surface area contributed by atoms with E-state index in [0.717, 1.165) is 66.3 Å². The van der Waals surface area contributed by atoms with Crippen molar-refractivity contribution in [3.05, 3.63) is 146 Å². The zero-order valence-corrected chi connectivity index (χ0v) is 24.1. The third-order valence-electron chi connectivity index (χ3n) is 9.03. The summed E-state index contributed by atoms with van der Waals surface area (Å²) in [6, 6.07) is 47.0. The summed E-state index contributed by atoms with van der Waals surface area (Å²) >= 11 is 0. The summed E-state index contributed by atoms with van der Waals surface area (Å²) in [5.74, 6) is 0. The van der Waals surface area contributed by atoms with Gasteiger partial charge in [-0.2, -0.15) is 0 Å². The average molecular weight is 577 g/mol. The van der Waals surface area contributed by atoms with E-state index in [9.17, 15) is 0 Å². The molecule has 4 aromatic heterocycles. The van der Waals surface area contributed by atoms with Crippen LogP contribution in [0.15, 0.2) is 155 Å². The van der Waals surface area contributed by atoms with Crippen LogP contribution in [0, 0.1) is 0 Å². The largest absolute Gasteiger partial charge is 0.452 e. The second kappa shape index (κ2) is 9.18. The third-order valence-corrected chi connectivity index (χ3v) is 9.03. The van der Waals surface area contributed by atoms with Crippen LogP contribution in [-0.2, 0) is 0 Å². The molecule has 0 fully saturated rings. The summed E-state index contributed by atoms with van der Waals surface area (Å²) < 4.78 is 14.7. The van der Waals surface area contributed by atoms with Crippen molar-refractivity contribution in [1.29, 1.82) is 0 Å². The molecule has 0 N–H and O–H groups in total. The lowest BCUT2D eigenvalue weighted by Crippen LogP contribution is -1.83. The third kappa shape index (κ3) is 3.76. The van der Waals surface area contributed by atoms with Crippen molar-refractivity contribution in [2.45, 2.75) is 0 Å². The molecule has 6 aromatic carbocycles. The van der Waals surface area contributed by atoms with Crippen LogP contribution < -0.4 is 0 Å². The van der Waals surface area contributed by atoms with Crippen LogP contribution in [0.4, 0.5) is 0 Å². The first-order valence-corrected chi connectivity index (χ1v) is 15.1. The van der Waals surface area contributed by atoms with Crippen LogP contribution in [0.5, 0.6) is 0 Å². The number of rotatable bonds is 3. The first-order chi connectivity index (χ1) is 22.2. The van der Waals surface area contributed by atoms with Gasteiger partial charge < -0.3 is 13.2 Å². The summed E-state index contributed by atoms with van der Waals surface area (Å²) in [6.45, 7) is 0.